The zero-order chi connectivity index (χ0) is 8.43. The number of hydrogen-bond acceptors (Lipinski definition) is 4. The number of hydrogen-bond donors (Lipinski definition) is 1. The van der Waals surface area contributed by atoms with E-state index in [-0.39, 0.29) is 6.42 Å². The molecular formula is C4H4BIO5. The van der Waals surface area contributed by atoms with Crippen LogP contribution < -0.4 is 0 Å². The van der Waals surface area contributed by atoms with Crippen molar-refractivity contribution in [1.29, 1.82) is 0 Å². The van der Waals surface area contributed by atoms with Gasteiger partial charge >= 0.3 is 10.9 Å². The first-order valence-corrected chi connectivity index (χ1v) is 4.06. The van der Waals surface area contributed by atoms with Crippen molar-refractivity contribution in [2.45, 2.75) is 12.5 Å². The third-order valence-corrected chi connectivity index (χ3v) is 1.67. The van der Waals surface area contributed by atoms with Gasteiger partial charge in [0, 0.05) is 0 Å². The van der Waals surface area contributed by atoms with E-state index in [1.54, 1.807) is 22.4 Å². The van der Waals surface area contributed by atoms with E-state index in [0.717, 1.165) is 0 Å². The van der Waals surface area contributed by atoms with Crippen LogP contribution in [0.1, 0.15) is 6.42 Å². The van der Waals surface area contributed by atoms with Crippen LogP contribution in [-0.4, -0.2) is 28.1 Å². The van der Waals surface area contributed by atoms with Crippen molar-refractivity contribution in [3.63, 3.8) is 0 Å². The van der Waals surface area contributed by atoms with E-state index in [2.05, 4.69) is 4.65 Å². The van der Waals surface area contributed by atoms with E-state index in [9.17, 15) is 9.59 Å². The highest BCUT2D eigenvalue weighted by molar-refractivity contribution is 14.1. The van der Waals surface area contributed by atoms with Crippen molar-refractivity contribution in [2.24, 2.45) is 0 Å². The predicted octanol–water partition coefficient (Wildman–Crippen LogP) is -0.177. The number of carboxylic acid groups (broad SMARTS) is 1. The second-order valence-corrected chi connectivity index (χ2v) is 2.95. The average Bonchev–Trinajstić information content (AvgIpc) is 1.85. The lowest BCUT2D eigenvalue weighted by Gasteiger charge is -2.20. The van der Waals surface area contributed by atoms with Gasteiger partial charge in [-0.2, -0.15) is 0 Å². The Morgan fingerprint density at radius 1 is 1.82 bits per heavy atom. The van der Waals surface area contributed by atoms with Crippen LogP contribution in [0.5, 0.6) is 0 Å². The summed E-state index contributed by atoms with van der Waals surface area (Å²) in [4.78, 5) is 20.1. The van der Waals surface area contributed by atoms with Crippen LogP contribution in [0.15, 0.2) is 0 Å². The van der Waals surface area contributed by atoms with E-state index in [1.165, 1.54) is 0 Å². The molecule has 60 valence electrons. The molecule has 1 rings (SSSR count). The molecule has 0 amide bonds. The summed E-state index contributed by atoms with van der Waals surface area (Å²) in [6.07, 6.45) is -1.27. The number of carbonyl (C=O) groups excluding carboxylic acids is 1. The molecule has 1 heterocycles. The number of carbonyl (C=O) groups is 2. The molecule has 1 saturated heterocycles. The van der Waals surface area contributed by atoms with Gasteiger partial charge in [0.1, 0.15) is 0 Å². The topological polar surface area (TPSA) is 72.8 Å². The molecule has 0 aromatic carbocycles. The van der Waals surface area contributed by atoms with Gasteiger partial charge in [-0.3, -0.25) is 4.79 Å². The first-order chi connectivity index (χ1) is 5.09. The zero-order valence-corrected chi connectivity index (χ0v) is 7.48. The molecule has 1 N–H and O–H groups in total. The smallest absolute Gasteiger partial charge is 0.501 e. The van der Waals surface area contributed by atoms with E-state index in [4.69, 9.17) is 9.76 Å². The number of rotatable bonds is 1. The van der Waals surface area contributed by atoms with Crippen LogP contribution in [0, 0.1) is 0 Å². The molecule has 1 aliphatic heterocycles. The van der Waals surface area contributed by atoms with Crippen LogP contribution >= 0.6 is 22.4 Å². The third kappa shape index (κ3) is 2.33. The van der Waals surface area contributed by atoms with Crippen LogP contribution in [0.4, 0.5) is 0 Å². The first-order valence-electron chi connectivity index (χ1n) is 2.81. The molecule has 1 atom stereocenters. The van der Waals surface area contributed by atoms with Crippen molar-refractivity contribution < 1.29 is 24.0 Å². The SMILES string of the molecule is O=C1CC(C(=O)O)OB(I)O1. The Labute approximate surface area is 76.1 Å². The van der Waals surface area contributed by atoms with Gasteiger partial charge in [-0.05, 0) is 0 Å². The summed E-state index contributed by atoms with van der Waals surface area (Å²) in [5, 5.41) is 8.44. The van der Waals surface area contributed by atoms with Crippen molar-refractivity contribution in [3.05, 3.63) is 0 Å². The second kappa shape index (κ2) is 3.39. The molecule has 1 fully saturated rings. The molecule has 7 heteroatoms. The summed E-state index contributed by atoms with van der Waals surface area (Å²) in [5.74, 6) is -1.67. The first kappa shape index (κ1) is 8.79. The maximum Gasteiger partial charge on any atom is 0.603 e. The normalized spacial score (nSPS) is 24.6. The van der Waals surface area contributed by atoms with Gasteiger partial charge in [-0.15, -0.1) is 0 Å². The van der Waals surface area contributed by atoms with Crippen LogP contribution in [-0.2, 0) is 18.9 Å². The fourth-order valence-electron chi connectivity index (χ4n) is 0.653. The van der Waals surface area contributed by atoms with Gasteiger partial charge in [0.25, 0.3) is 5.97 Å². The number of aliphatic carboxylic acids is 1. The molecular weight excluding hydrogens is 266 g/mol. The Morgan fingerprint density at radius 2 is 2.45 bits per heavy atom. The van der Waals surface area contributed by atoms with Gasteiger partial charge < -0.3 is 14.4 Å². The minimum Gasteiger partial charge on any atom is -0.501 e. The summed E-state index contributed by atoms with van der Waals surface area (Å²) < 4.78 is 9.29. The third-order valence-electron chi connectivity index (χ3n) is 1.12. The zero-order valence-electron chi connectivity index (χ0n) is 5.32. The molecule has 1 aliphatic rings. The predicted molar refractivity (Wildman–Crippen MR) is 43.0 cm³/mol. The number of carboxylic acids is 1. The van der Waals surface area contributed by atoms with E-state index < -0.39 is 23.0 Å². The molecule has 0 radical (unpaired) electrons. The van der Waals surface area contributed by atoms with Crippen LogP contribution in [0.25, 0.3) is 0 Å². The standard InChI is InChI=1S/C4H4BIO5/c6-5-10-2(4(8)9)1-3(7)11-5/h2H,1H2,(H,8,9). The lowest BCUT2D eigenvalue weighted by molar-refractivity contribution is -0.156. The summed E-state index contributed by atoms with van der Waals surface area (Å²) in [7, 11) is 0. The highest BCUT2D eigenvalue weighted by Gasteiger charge is 2.35. The summed E-state index contributed by atoms with van der Waals surface area (Å²) in [6, 6.07) is 0. The van der Waals surface area contributed by atoms with Gasteiger partial charge in [0.15, 0.2) is 6.10 Å². The average molecular weight is 270 g/mol. The summed E-state index contributed by atoms with van der Waals surface area (Å²) in [5.41, 5.74) is 0. The molecule has 11 heavy (non-hydrogen) atoms. The van der Waals surface area contributed by atoms with Crippen LogP contribution in [0.2, 0.25) is 0 Å². The fourth-order valence-corrected chi connectivity index (χ4v) is 1.29. The molecule has 5 nitrogen and oxygen atoms in total. The lowest BCUT2D eigenvalue weighted by atomic mass is 10.2. The Bertz CT molecular complexity index is 195. The number of halogens is 1. The van der Waals surface area contributed by atoms with Crippen LogP contribution in [0.3, 0.4) is 0 Å². The maximum absolute atomic E-state index is 10.6. The minimum absolute atomic E-state index is 0.213. The second-order valence-electron chi connectivity index (χ2n) is 1.93. The monoisotopic (exact) mass is 270 g/mol. The Kier molecular flexibility index (Phi) is 2.71. The quantitative estimate of drug-likeness (QED) is 0.528. The van der Waals surface area contributed by atoms with Gasteiger partial charge in [0.2, 0.25) is 0 Å². The maximum atomic E-state index is 10.6. The Balaban J connectivity index is 2.56. The van der Waals surface area contributed by atoms with Gasteiger partial charge in [-0.1, -0.05) is 22.4 Å². The van der Waals surface area contributed by atoms with Gasteiger partial charge in [0.05, 0.1) is 6.42 Å². The minimum atomic E-state index is -1.14. The van der Waals surface area contributed by atoms with Gasteiger partial charge in [-0.25, -0.2) is 4.79 Å². The van der Waals surface area contributed by atoms with E-state index in [0.29, 0.717) is 0 Å². The van der Waals surface area contributed by atoms with Crippen molar-refractivity contribution in [3.8, 4) is 0 Å². The molecule has 0 spiro atoms. The molecule has 0 bridgehead atoms. The molecule has 0 aliphatic carbocycles. The van der Waals surface area contributed by atoms with Crippen molar-refractivity contribution >= 4 is 39.3 Å². The largest absolute Gasteiger partial charge is 0.603 e. The van der Waals surface area contributed by atoms with E-state index in [1.807, 2.05) is 0 Å². The molecule has 0 aromatic rings. The lowest BCUT2D eigenvalue weighted by Crippen LogP contribution is -2.39. The molecule has 1 unspecified atom stereocenters. The molecule has 0 aromatic heterocycles. The highest BCUT2D eigenvalue weighted by atomic mass is 127. The van der Waals surface area contributed by atoms with E-state index >= 15 is 0 Å². The fraction of sp³-hybridized carbons (Fsp3) is 0.500. The summed E-state index contributed by atoms with van der Waals surface area (Å²) >= 11 is 1.69. The Hall–Kier alpha value is -0.305. The Morgan fingerprint density at radius 3 is 2.91 bits per heavy atom. The highest BCUT2D eigenvalue weighted by Crippen LogP contribution is 2.14. The van der Waals surface area contributed by atoms with Crippen molar-refractivity contribution in [1.82, 2.24) is 0 Å². The molecule has 0 saturated carbocycles. The summed E-state index contributed by atoms with van der Waals surface area (Å²) in [6.45, 7) is 0. The van der Waals surface area contributed by atoms with Crippen molar-refractivity contribution in [2.75, 3.05) is 0 Å².